The quantitative estimate of drug-likeness (QED) is 0.0289. The van der Waals surface area contributed by atoms with Crippen molar-refractivity contribution < 1.29 is 53.1 Å². The van der Waals surface area contributed by atoms with Crippen LogP contribution in [0.25, 0.3) is 0 Å². The van der Waals surface area contributed by atoms with Crippen molar-refractivity contribution in [3.63, 3.8) is 0 Å². The summed E-state index contributed by atoms with van der Waals surface area (Å²) in [5.41, 5.74) is 0. The Labute approximate surface area is 526 Å². The fourth-order valence-electron chi connectivity index (χ4n) is 10.7. The summed E-state index contributed by atoms with van der Waals surface area (Å²) in [6, 6.07) is 45.0. The number of hydrogen-bond donors (Lipinski definition) is 0. The van der Waals surface area contributed by atoms with Crippen LogP contribution in [0.15, 0.2) is 121 Å². The molecular weight excluding hydrogens is 1180 g/mol. The van der Waals surface area contributed by atoms with Gasteiger partial charge in [-0.15, -0.1) is 0 Å². The van der Waals surface area contributed by atoms with Crippen molar-refractivity contribution in [2.45, 2.75) is 239 Å². The normalized spacial score (nSPS) is 13.7. The van der Waals surface area contributed by atoms with Crippen molar-refractivity contribution in [2.24, 2.45) is 0 Å². The largest absolute Gasteiger partial charge is 0.537 e. The van der Waals surface area contributed by atoms with Gasteiger partial charge in [-0.1, -0.05) is 48.5 Å². The van der Waals surface area contributed by atoms with Gasteiger partial charge in [-0.05, 0) is 239 Å². The third-order valence-electron chi connectivity index (χ3n) is 13.5. The van der Waals surface area contributed by atoms with Crippen molar-refractivity contribution in [3.05, 3.63) is 121 Å². The molecule has 12 nitrogen and oxygen atoms in total. The van der Waals surface area contributed by atoms with E-state index in [4.69, 9.17) is 53.1 Å². The Kier molecular flexibility index (Phi) is 27.2. The highest BCUT2D eigenvalue weighted by Gasteiger charge is 2.53. The molecule has 0 amide bonds. The summed E-state index contributed by atoms with van der Waals surface area (Å²) in [7, 11) is -18.5. The highest BCUT2D eigenvalue weighted by Crippen LogP contribution is 2.54. The van der Waals surface area contributed by atoms with E-state index in [2.05, 4.69) is 135 Å². The van der Waals surface area contributed by atoms with Gasteiger partial charge in [-0.25, -0.2) is 0 Å². The molecule has 0 aromatic heterocycles. The molecule has 0 saturated heterocycles. The van der Waals surface area contributed by atoms with E-state index in [9.17, 15) is 0 Å². The summed E-state index contributed by atoms with van der Waals surface area (Å²) in [4.78, 5) is 0. The van der Waals surface area contributed by atoms with E-state index < -0.39 is 49.7 Å². The van der Waals surface area contributed by atoms with Crippen LogP contribution in [-0.4, -0.2) is 122 Å². The summed E-state index contributed by atoms with van der Waals surface area (Å²) in [6.07, 6.45) is -1.42. The van der Waals surface area contributed by atoms with Gasteiger partial charge in [0.1, 0.15) is 46.4 Å². The maximum atomic E-state index is 6.76. The van der Waals surface area contributed by atoms with Gasteiger partial charge in [0.05, 0.1) is 13.3 Å². The average molecular weight is 1290 g/mol. The van der Waals surface area contributed by atoms with E-state index in [1.165, 1.54) is 31.8 Å². The predicted octanol–water partition coefficient (Wildman–Crippen LogP) is 11.2. The SMILES string of the molecule is CC(C)O[Si](OC(C)C)(OC(C)C)c1ccc([P+](C)(c2ccc([Si](OC(C)C)(OC(C)C)OC(C)C)cc2)c2ccc([P+](C)(c3ccc([Si](OC(C)C)(OC(C)C)OC(C)C)cc3)c3ccc([Si](OC(C)C)(OC(C)C)OC(C)C)cc3)cc2)cc1. The minimum Gasteiger partial charge on any atom is -0.367 e. The van der Waals surface area contributed by atoms with Gasteiger partial charge < -0.3 is 53.1 Å². The van der Waals surface area contributed by atoms with Gasteiger partial charge in [0, 0.05) is 94.0 Å². The maximum Gasteiger partial charge on any atom is 0.537 e. The second-order valence-corrected chi connectivity index (χ2v) is 42.7. The van der Waals surface area contributed by atoms with E-state index >= 15 is 0 Å². The fraction of sp³-hybridized carbons (Fsp3) is 0.559. The molecule has 18 heteroatoms. The van der Waals surface area contributed by atoms with Crippen molar-refractivity contribution in [1.82, 2.24) is 0 Å². The molecule has 0 spiro atoms. The molecule has 0 bridgehead atoms. The van der Waals surface area contributed by atoms with E-state index in [0.717, 1.165) is 20.7 Å². The van der Waals surface area contributed by atoms with Crippen molar-refractivity contribution in [2.75, 3.05) is 13.3 Å². The summed E-state index contributed by atoms with van der Waals surface area (Å²) >= 11 is 0. The van der Waals surface area contributed by atoms with Gasteiger partial charge >= 0.3 is 35.2 Å². The van der Waals surface area contributed by atoms with Gasteiger partial charge in [0.15, 0.2) is 0 Å². The molecule has 0 unspecified atom stereocenters. The van der Waals surface area contributed by atoms with Crippen molar-refractivity contribution in [1.29, 1.82) is 0 Å². The second-order valence-electron chi connectivity index (χ2n) is 25.9. The Morgan fingerprint density at radius 1 is 0.186 bits per heavy atom. The van der Waals surface area contributed by atoms with Crippen LogP contribution in [0, 0.1) is 0 Å². The second kappa shape index (κ2) is 31.6. The van der Waals surface area contributed by atoms with Crippen LogP contribution < -0.4 is 52.6 Å². The Bertz CT molecular complexity index is 2350. The molecule has 0 aliphatic carbocycles. The molecule has 0 saturated carbocycles. The summed E-state index contributed by atoms with van der Waals surface area (Å²) in [5.74, 6) is 0. The van der Waals surface area contributed by atoms with Gasteiger partial charge in [0.2, 0.25) is 0 Å². The monoisotopic (exact) mass is 1290 g/mol. The van der Waals surface area contributed by atoms with Crippen molar-refractivity contribution in [3.8, 4) is 0 Å². The smallest absolute Gasteiger partial charge is 0.367 e. The lowest BCUT2D eigenvalue weighted by Crippen LogP contribution is -2.60. The van der Waals surface area contributed by atoms with Crippen LogP contribution in [-0.2, 0) is 53.1 Å². The Balaban J connectivity index is 1.84. The summed E-state index contributed by atoms with van der Waals surface area (Å²) in [5, 5.41) is 10.9. The van der Waals surface area contributed by atoms with E-state index in [1.807, 2.05) is 166 Å². The van der Waals surface area contributed by atoms with Crippen LogP contribution in [0.4, 0.5) is 0 Å². The molecule has 0 atom stereocenters. The highest BCUT2D eigenvalue weighted by atomic mass is 31.2. The lowest BCUT2D eigenvalue weighted by atomic mass is 10.3. The van der Waals surface area contributed by atoms with Gasteiger partial charge in [0.25, 0.3) is 0 Å². The number of benzene rings is 5. The first-order valence-corrected chi connectivity index (χ1v) is 42.8. The van der Waals surface area contributed by atoms with Crippen LogP contribution in [0.5, 0.6) is 0 Å². The molecule has 0 N–H and O–H groups in total. The topological polar surface area (TPSA) is 111 Å². The third kappa shape index (κ3) is 18.8. The van der Waals surface area contributed by atoms with Crippen LogP contribution in [0.2, 0.25) is 0 Å². The van der Waals surface area contributed by atoms with Crippen LogP contribution >= 0.6 is 14.5 Å². The fourth-order valence-corrected chi connectivity index (χ4v) is 29.0. The first-order chi connectivity index (χ1) is 40.0. The molecule has 0 fully saturated rings. The molecule has 0 radical (unpaired) electrons. The lowest BCUT2D eigenvalue weighted by molar-refractivity contribution is 0.0142. The molecule has 5 aromatic rings. The Morgan fingerprint density at radius 2 is 0.279 bits per heavy atom. The summed E-state index contributed by atoms with van der Waals surface area (Å²) in [6.45, 7) is 53.9. The standard InChI is InChI=1S/C68H110O12P2Si4/c1-47(2)69-83(70-48(3)4,71-49(5)6)65-39-31-61(32-40-65)81(25,62-33-41-66(42-34-62)84(72-50(7)8,73-51(9)10)74-52(11)12)59-27-29-60(30-28-59)82(26,63-35-43-67(44-36-63)85(75-53(13)14,76-54(15)16)77-55(17)18)64-37-45-68(46-38-64)86(78-56(19)20,79-57(21)22)80-58(23)24/h27-58H,1-26H3/q+2. The Hall–Kier alpha value is -2.65. The molecule has 5 aromatic carbocycles. The molecule has 0 aliphatic heterocycles. The van der Waals surface area contributed by atoms with Crippen LogP contribution in [0.3, 0.4) is 0 Å². The first kappa shape index (κ1) is 74.1. The van der Waals surface area contributed by atoms with E-state index in [1.54, 1.807) is 0 Å². The van der Waals surface area contributed by atoms with Crippen LogP contribution in [0.1, 0.15) is 166 Å². The minimum atomic E-state index is -3.40. The minimum absolute atomic E-state index is 0.119. The molecule has 0 aliphatic rings. The predicted molar refractivity (Wildman–Crippen MR) is 372 cm³/mol. The van der Waals surface area contributed by atoms with E-state index in [0.29, 0.717) is 0 Å². The first-order valence-electron chi connectivity index (χ1n) is 31.5. The third-order valence-corrected chi connectivity index (χ3v) is 35.0. The average Bonchev–Trinajstić information content (AvgIpc) is 0.952. The summed E-state index contributed by atoms with van der Waals surface area (Å²) < 4.78 is 81.2. The van der Waals surface area contributed by atoms with Gasteiger partial charge in [-0.2, -0.15) is 0 Å². The molecule has 478 valence electrons. The maximum absolute atomic E-state index is 6.76. The number of hydrogen-bond acceptors (Lipinski definition) is 12. The molecule has 0 heterocycles. The number of rotatable bonds is 34. The van der Waals surface area contributed by atoms with E-state index in [-0.39, 0.29) is 73.2 Å². The molecular formula is C68H110O12P2Si4+2. The zero-order valence-corrected chi connectivity index (χ0v) is 63.1. The van der Waals surface area contributed by atoms with Gasteiger partial charge in [-0.3, -0.25) is 0 Å². The lowest BCUT2D eigenvalue weighted by Gasteiger charge is -2.35. The highest BCUT2D eigenvalue weighted by molar-refractivity contribution is 7.95. The molecule has 86 heavy (non-hydrogen) atoms. The molecule has 5 rings (SSSR count). The Morgan fingerprint density at radius 3 is 0.372 bits per heavy atom. The zero-order chi connectivity index (χ0) is 64.3. The van der Waals surface area contributed by atoms with Crippen molar-refractivity contribution >= 4 is 102 Å². The zero-order valence-electron chi connectivity index (χ0n) is 57.3.